The molecule has 0 radical (unpaired) electrons. The lowest BCUT2D eigenvalue weighted by Crippen LogP contribution is -2.32. The van der Waals surface area contributed by atoms with Crippen LogP contribution < -0.4 is 5.32 Å². The van der Waals surface area contributed by atoms with Gasteiger partial charge in [-0.25, -0.2) is 0 Å². The van der Waals surface area contributed by atoms with E-state index in [4.69, 9.17) is 9.47 Å². The number of hydrogen-bond acceptors (Lipinski definition) is 5. The fourth-order valence-electron chi connectivity index (χ4n) is 1.59. The topological polar surface area (TPSA) is 63.6 Å². The summed E-state index contributed by atoms with van der Waals surface area (Å²) in [5.74, 6) is 0. The second-order valence-corrected chi connectivity index (χ2v) is 4.31. The average Bonchev–Trinajstić information content (AvgIpc) is 2.45. The van der Waals surface area contributed by atoms with Crippen LogP contribution in [0.5, 0.6) is 0 Å². The standard InChI is InChI=1S/C14H24N2O3/c1-3-18-8-9-19-11-13(17)10-16-12(2)14-6-4-5-7-15-14/h4-7,12-13,16-17H,3,8-11H2,1-2H3. The second kappa shape index (κ2) is 9.86. The molecule has 1 aromatic heterocycles. The summed E-state index contributed by atoms with van der Waals surface area (Å²) in [5.41, 5.74) is 0.965. The molecule has 5 heteroatoms. The highest BCUT2D eigenvalue weighted by Gasteiger charge is 2.09. The molecule has 1 aromatic rings. The quantitative estimate of drug-likeness (QED) is 0.623. The van der Waals surface area contributed by atoms with Gasteiger partial charge in [-0.2, -0.15) is 0 Å². The number of aliphatic hydroxyl groups is 1. The summed E-state index contributed by atoms with van der Waals surface area (Å²) in [5, 5.41) is 13.0. The first kappa shape index (κ1) is 16.0. The van der Waals surface area contributed by atoms with Crippen molar-refractivity contribution in [3.05, 3.63) is 30.1 Å². The van der Waals surface area contributed by atoms with Gasteiger partial charge in [0.15, 0.2) is 0 Å². The van der Waals surface area contributed by atoms with Gasteiger partial charge in [0.1, 0.15) is 0 Å². The van der Waals surface area contributed by atoms with Crippen molar-refractivity contribution in [1.82, 2.24) is 10.3 Å². The van der Waals surface area contributed by atoms with Gasteiger partial charge in [-0.15, -0.1) is 0 Å². The van der Waals surface area contributed by atoms with E-state index in [-0.39, 0.29) is 6.04 Å². The largest absolute Gasteiger partial charge is 0.389 e. The van der Waals surface area contributed by atoms with Gasteiger partial charge in [0.05, 0.1) is 31.6 Å². The van der Waals surface area contributed by atoms with Crippen LogP contribution in [0.3, 0.4) is 0 Å². The highest BCUT2D eigenvalue weighted by Crippen LogP contribution is 2.07. The molecular formula is C14H24N2O3. The fourth-order valence-corrected chi connectivity index (χ4v) is 1.59. The molecule has 0 aromatic carbocycles. The van der Waals surface area contributed by atoms with Crippen LogP contribution in [0.2, 0.25) is 0 Å². The molecule has 0 saturated heterocycles. The zero-order valence-corrected chi connectivity index (χ0v) is 11.7. The van der Waals surface area contributed by atoms with Crippen molar-refractivity contribution in [3.63, 3.8) is 0 Å². The Kier molecular flexibility index (Phi) is 8.33. The third-order valence-electron chi connectivity index (χ3n) is 2.68. The smallest absolute Gasteiger partial charge is 0.0897 e. The first-order chi connectivity index (χ1) is 9.24. The molecule has 0 amide bonds. The van der Waals surface area contributed by atoms with Crippen LogP contribution in [0.4, 0.5) is 0 Å². The summed E-state index contributed by atoms with van der Waals surface area (Å²) in [6, 6.07) is 5.91. The van der Waals surface area contributed by atoms with E-state index in [0.29, 0.717) is 33.0 Å². The molecule has 108 valence electrons. The number of aliphatic hydroxyl groups excluding tert-OH is 1. The molecule has 0 saturated carbocycles. The lowest BCUT2D eigenvalue weighted by atomic mass is 10.2. The minimum atomic E-state index is -0.521. The minimum Gasteiger partial charge on any atom is -0.389 e. The van der Waals surface area contributed by atoms with Gasteiger partial charge < -0.3 is 19.9 Å². The summed E-state index contributed by atoms with van der Waals surface area (Å²) in [4.78, 5) is 4.26. The van der Waals surface area contributed by atoms with Crippen molar-refractivity contribution >= 4 is 0 Å². The van der Waals surface area contributed by atoms with E-state index in [2.05, 4.69) is 10.3 Å². The van der Waals surface area contributed by atoms with E-state index in [1.54, 1.807) is 6.20 Å². The van der Waals surface area contributed by atoms with Gasteiger partial charge in [-0.1, -0.05) is 6.07 Å². The summed E-state index contributed by atoms with van der Waals surface area (Å²) in [7, 11) is 0. The van der Waals surface area contributed by atoms with Crippen LogP contribution in [0, 0.1) is 0 Å². The number of hydrogen-bond donors (Lipinski definition) is 2. The van der Waals surface area contributed by atoms with Crippen LogP contribution in [0.25, 0.3) is 0 Å². The first-order valence-corrected chi connectivity index (χ1v) is 6.72. The van der Waals surface area contributed by atoms with Crippen molar-refractivity contribution < 1.29 is 14.6 Å². The van der Waals surface area contributed by atoms with Crippen LogP contribution in [-0.4, -0.2) is 49.2 Å². The lowest BCUT2D eigenvalue weighted by Gasteiger charge is -2.16. The maximum Gasteiger partial charge on any atom is 0.0897 e. The first-order valence-electron chi connectivity index (χ1n) is 6.72. The Bertz CT molecular complexity index is 322. The average molecular weight is 268 g/mol. The Balaban J connectivity index is 2.11. The van der Waals surface area contributed by atoms with E-state index >= 15 is 0 Å². The molecule has 0 aliphatic rings. The van der Waals surface area contributed by atoms with Crippen LogP contribution in [0.1, 0.15) is 25.6 Å². The Morgan fingerprint density at radius 1 is 1.32 bits per heavy atom. The monoisotopic (exact) mass is 268 g/mol. The molecule has 2 unspecified atom stereocenters. The number of ether oxygens (including phenoxy) is 2. The van der Waals surface area contributed by atoms with Crippen LogP contribution in [-0.2, 0) is 9.47 Å². The molecule has 1 heterocycles. The van der Waals surface area contributed by atoms with Gasteiger partial charge in [0.2, 0.25) is 0 Å². The number of nitrogens with zero attached hydrogens (tertiary/aromatic N) is 1. The minimum absolute atomic E-state index is 0.110. The maximum atomic E-state index is 9.75. The molecular weight excluding hydrogens is 244 g/mol. The Labute approximate surface area is 115 Å². The normalized spacial score (nSPS) is 14.3. The predicted octanol–water partition coefficient (Wildman–Crippen LogP) is 1.15. The number of pyridine rings is 1. The third kappa shape index (κ3) is 7.22. The molecule has 5 nitrogen and oxygen atoms in total. The van der Waals surface area contributed by atoms with Crippen molar-refractivity contribution in [2.75, 3.05) is 33.0 Å². The van der Waals surface area contributed by atoms with E-state index < -0.39 is 6.10 Å². The van der Waals surface area contributed by atoms with Crippen molar-refractivity contribution in [3.8, 4) is 0 Å². The molecule has 0 bridgehead atoms. The van der Waals surface area contributed by atoms with Crippen molar-refractivity contribution in [1.29, 1.82) is 0 Å². The molecule has 2 atom stereocenters. The van der Waals surface area contributed by atoms with Gasteiger partial charge in [-0.05, 0) is 26.0 Å². The van der Waals surface area contributed by atoms with E-state index in [1.807, 2.05) is 32.0 Å². The molecule has 0 aliphatic carbocycles. The Morgan fingerprint density at radius 3 is 2.79 bits per heavy atom. The molecule has 0 fully saturated rings. The van der Waals surface area contributed by atoms with E-state index in [0.717, 1.165) is 5.69 Å². The number of rotatable bonds is 10. The molecule has 1 rings (SSSR count). The van der Waals surface area contributed by atoms with E-state index in [9.17, 15) is 5.11 Å². The van der Waals surface area contributed by atoms with Crippen LogP contribution in [0.15, 0.2) is 24.4 Å². The Hall–Kier alpha value is -1.01. The zero-order valence-electron chi connectivity index (χ0n) is 11.7. The van der Waals surface area contributed by atoms with Gasteiger partial charge in [0, 0.05) is 25.4 Å². The van der Waals surface area contributed by atoms with Gasteiger partial charge >= 0.3 is 0 Å². The summed E-state index contributed by atoms with van der Waals surface area (Å²) in [6.45, 7) is 6.53. The Morgan fingerprint density at radius 2 is 2.11 bits per heavy atom. The van der Waals surface area contributed by atoms with E-state index in [1.165, 1.54) is 0 Å². The predicted molar refractivity (Wildman–Crippen MR) is 74.0 cm³/mol. The number of nitrogens with one attached hydrogen (secondary N) is 1. The molecule has 2 N–H and O–H groups in total. The third-order valence-corrected chi connectivity index (χ3v) is 2.68. The van der Waals surface area contributed by atoms with Crippen molar-refractivity contribution in [2.45, 2.75) is 26.0 Å². The summed E-state index contributed by atoms with van der Waals surface area (Å²) < 4.78 is 10.4. The summed E-state index contributed by atoms with van der Waals surface area (Å²) >= 11 is 0. The number of aromatic nitrogens is 1. The van der Waals surface area contributed by atoms with Gasteiger partial charge in [0.25, 0.3) is 0 Å². The molecule has 19 heavy (non-hydrogen) atoms. The highest BCUT2D eigenvalue weighted by molar-refractivity contribution is 5.07. The lowest BCUT2D eigenvalue weighted by molar-refractivity contribution is 0.00583. The summed E-state index contributed by atoms with van der Waals surface area (Å²) in [6.07, 6.45) is 1.24. The zero-order chi connectivity index (χ0) is 13.9. The second-order valence-electron chi connectivity index (χ2n) is 4.31. The fraction of sp³-hybridized carbons (Fsp3) is 0.643. The SMILES string of the molecule is CCOCCOCC(O)CNC(C)c1ccccn1. The maximum absolute atomic E-state index is 9.75. The van der Waals surface area contributed by atoms with Gasteiger partial charge in [-0.3, -0.25) is 4.98 Å². The van der Waals surface area contributed by atoms with Crippen molar-refractivity contribution in [2.24, 2.45) is 0 Å². The molecule has 0 aliphatic heterocycles. The van der Waals surface area contributed by atoms with Crippen LogP contribution >= 0.6 is 0 Å². The molecule has 0 spiro atoms. The highest BCUT2D eigenvalue weighted by atomic mass is 16.5.